The number of carbonyl (C=O) groups is 4. The van der Waals surface area contributed by atoms with Gasteiger partial charge in [-0.3, -0.25) is 19.2 Å². The van der Waals surface area contributed by atoms with Crippen molar-refractivity contribution in [3.63, 3.8) is 0 Å². The van der Waals surface area contributed by atoms with Gasteiger partial charge in [0.1, 0.15) is 28.8 Å². The number of ketones is 1. The summed E-state index contributed by atoms with van der Waals surface area (Å²) in [6, 6.07) is 14.2. The summed E-state index contributed by atoms with van der Waals surface area (Å²) in [7, 11) is 2.66. The maximum Gasteiger partial charge on any atom is 0.306 e. The Morgan fingerprint density at radius 1 is 0.714 bits per heavy atom. The number of hydrogen-bond acceptors (Lipinski definition) is 12. The van der Waals surface area contributed by atoms with E-state index in [0.717, 1.165) is 33.4 Å². The molecule has 1 amide bonds. The predicted molar refractivity (Wildman–Crippen MR) is 204 cm³/mol. The van der Waals surface area contributed by atoms with E-state index in [1.54, 1.807) is 0 Å². The second-order valence-corrected chi connectivity index (χ2v) is 13.4. The number of aliphatic hydroxyl groups is 2. The van der Waals surface area contributed by atoms with E-state index in [4.69, 9.17) is 52.4 Å². The number of Topliss-reactive ketones (excluding diaryl/α,β-unsaturated/α-hetero) is 1. The van der Waals surface area contributed by atoms with Gasteiger partial charge >= 0.3 is 11.9 Å². The van der Waals surface area contributed by atoms with Crippen molar-refractivity contribution in [1.82, 2.24) is 15.3 Å². The van der Waals surface area contributed by atoms with E-state index in [9.17, 15) is 29.4 Å². The van der Waals surface area contributed by atoms with Crippen LogP contribution in [0, 0.1) is 13.8 Å². The number of pyridine rings is 2. The number of aromatic nitrogens is 2. The Balaban J connectivity index is 1.47. The SMILES string of the molecule is COc1nc(OCc2cccc(-c3cccc(COc4nc(OC)c(C(=O)NC[C@@H](O)CC(=O)O)cc4Cl)c3C)c2C)c(Cl)cc1C(=O)CC[C@@H](O)CC(=O)O. The molecule has 56 heavy (non-hydrogen) atoms. The molecule has 4 aromatic rings. The average molecular weight is 815 g/mol. The van der Waals surface area contributed by atoms with Gasteiger partial charge in [0.2, 0.25) is 23.5 Å². The molecule has 0 fully saturated rings. The fraction of sp³-hybridized carbons (Fsp3) is 0.333. The van der Waals surface area contributed by atoms with Crippen LogP contribution in [0.5, 0.6) is 23.5 Å². The Bertz CT molecular complexity index is 1950. The number of carboxylic acids is 2. The van der Waals surface area contributed by atoms with Crippen molar-refractivity contribution in [2.24, 2.45) is 0 Å². The molecule has 5 N–H and O–H groups in total. The maximum absolute atomic E-state index is 12.8. The van der Waals surface area contributed by atoms with Crippen molar-refractivity contribution >= 4 is 46.8 Å². The van der Waals surface area contributed by atoms with Crippen molar-refractivity contribution in [3.8, 4) is 34.6 Å². The first-order valence-corrected chi connectivity index (χ1v) is 17.9. The summed E-state index contributed by atoms with van der Waals surface area (Å²) >= 11 is 12.9. The Morgan fingerprint density at radius 2 is 1.18 bits per heavy atom. The lowest BCUT2D eigenvalue weighted by molar-refractivity contribution is -0.140. The fourth-order valence-electron chi connectivity index (χ4n) is 5.66. The van der Waals surface area contributed by atoms with Gasteiger partial charge in [-0.15, -0.1) is 0 Å². The minimum absolute atomic E-state index is 0.0157. The lowest BCUT2D eigenvalue weighted by atomic mass is 9.92. The van der Waals surface area contributed by atoms with E-state index in [1.807, 2.05) is 50.2 Å². The summed E-state index contributed by atoms with van der Waals surface area (Å²) < 4.78 is 22.6. The summed E-state index contributed by atoms with van der Waals surface area (Å²) in [5.74, 6) is -3.53. The van der Waals surface area contributed by atoms with Crippen LogP contribution in [-0.2, 0) is 22.8 Å². The molecule has 2 aromatic carbocycles. The van der Waals surface area contributed by atoms with Gasteiger partial charge in [0.05, 0.1) is 44.8 Å². The molecule has 17 heteroatoms. The third kappa shape index (κ3) is 11.3. The lowest BCUT2D eigenvalue weighted by Crippen LogP contribution is -2.33. The first kappa shape index (κ1) is 43.3. The highest BCUT2D eigenvalue weighted by Crippen LogP contribution is 2.35. The van der Waals surface area contributed by atoms with Crippen LogP contribution in [0.4, 0.5) is 0 Å². The van der Waals surface area contributed by atoms with E-state index < -0.39 is 48.7 Å². The minimum Gasteiger partial charge on any atom is -0.481 e. The Hall–Kier alpha value is -5.48. The first-order chi connectivity index (χ1) is 26.6. The summed E-state index contributed by atoms with van der Waals surface area (Å²) in [5, 5.41) is 39.8. The topological polar surface area (TPSA) is 224 Å². The molecule has 4 rings (SSSR count). The molecule has 0 aliphatic carbocycles. The number of nitrogens with zero attached hydrogens (tertiary/aromatic N) is 2. The average Bonchev–Trinajstić information content (AvgIpc) is 3.15. The molecule has 0 saturated heterocycles. The lowest BCUT2D eigenvalue weighted by Gasteiger charge is -2.17. The van der Waals surface area contributed by atoms with Crippen LogP contribution >= 0.6 is 23.2 Å². The number of aliphatic hydroxyl groups excluding tert-OH is 2. The van der Waals surface area contributed by atoms with Gasteiger partial charge in [0.25, 0.3) is 5.91 Å². The molecule has 0 unspecified atom stereocenters. The largest absolute Gasteiger partial charge is 0.481 e. The van der Waals surface area contributed by atoms with Crippen LogP contribution in [0.3, 0.4) is 0 Å². The highest BCUT2D eigenvalue weighted by Gasteiger charge is 2.22. The zero-order valence-electron chi connectivity index (χ0n) is 30.9. The number of carboxylic acid groups (broad SMARTS) is 2. The molecule has 0 aliphatic heterocycles. The van der Waals surface area contributed by atoms with Crippen molar-refractivity contribution in [2.75, 3.05) is 20.8 Å². The standard InChI is InChI=1S/C39H41Cl2N3O12/c1-20-22(18-55-38-30(40)15-28(36(43-38)53-3)32(47)12-11-24(45)13-33(48)49)7-5-9-26(20)27-10-6-8-23(21(27)2)19-56-39-31(41)16-29(37(44-39)54-4)35(52)42-17-25(46)14-34(50)51/h5-10,15-16,24-25,45-46H,11-14,17-19H2,1-4H3,(H,42,52)(H,48,49)(H,50,51)/t24-,25+/m1/s1. The van der Waals surface area contributed by atoms with E-state index >= 15 is 0 Å². The summed E-state index contributed by atoms with van der Waals surface area (Å²) in [6.07, 6.45) is -3.67. The van der Waals surface area contributed by atoms with Crippen LogP contribution in [0.25, 0.3) is 11.1 Å². The van der Waals surface area contributed by atoms with Crippen molar-refractivity contribution in [1.29, 1.82) is 0 Å². The molecule has 298 valence electrons. The third-order valence-corrected chi connectivity index (χ3v) is 9.23. The molecular formula is C39H41Cl2N3O12. The molecule has 2 atom stereocenters. The second kappa shape index (κ2) is 19.9. The molecule has 0 radical (unpaired) electrons. The van der Waals surface area contributed by atoms with E-state index in [0.29, 0.717) is 0 Å². The van der Waals surface area contributed by atoms with Crippen LogP contribution < -0.4 is 24.3 Å². The van der Waals surface area contributed by atoms with Gasteiger partial charge < -0.3 is 44.7 Å². The Morgan fingerprint density at radius 3 is 1.66 bits per heavy atom. The summed E-state index contributed by atoms with van der Waals surface area (Å²) in [6.45, 7) is 3.74. The quantitative estimate of drug-likeness (QED) is 0.0685. The van der Waals surface area contributed by atoms with Gasteiger partial charge in [0.15, 0.2) is 5.78 Å². The van der Waals surface area contributed by atoms with Crippen LogP contribution in [0.2, 0.25) is 10.0 Å². The highest BCUT2D eigenvalue weighted by molar-refractivity contribution is 6.32. The number of halogens is 2. The smallest absolute Gasteiger partial charge is 0.306 e. The van der Waals surface area contributed by atoms with E-state index in [1.165, 1.54) is 26.4 Å². The van der Waals surface area contributed by atoms with Gasteiger partial charge in [-0.1, -0.05) is 59.6 Å². The highest BCUT2D eigenvalue weighted by atomic mass is 35.5. The first-order valence-electron chi connectivity index (χ1n) is 17.2. The molecular weight excluding hydrogens is 773 g/mol. The Kier molecular flexibility index (Phi) is 15.4. The fourth-order valence-corrected chi connectivity index (χ4v) is 6.07. The zero-order valence-corrected chi connectivity index (χ0v) is 32.4. The van der Waals surface area contributed by atoms with Gasteiger partial charge in [-0.05, 0) is 65.8 Å². The number of rotatable bonds is 20. The number of amides is 1. The van der Waals surface area contributed by atoms with Crippen LogP contribution in [0.1, 0.15) is 68.7 Å². The third-order valence-electron chi connectivity index (χ3n) is 8.68. The minimum atomic E-state index is -1.29. The van der Waals surface area contributed by atoms with Crippen molar-refractivity contribution < 1.29 is 58.6 Å². The predicted octanol–water partition coefficient (Wildman–Crippen LogP) is 5.61. The normalized spacial score (nSPS) is 12.0. The second-order valence-electron chi connectivity index (χ2n) is 12.6. The van der Waals surface area contributed by atoms with Gasteiger partial charge in [-0.2, -0.15) is 9.97 Å². The molecule has 0 bridgehead atoms. The van der Waals surface area contributed by atoms with Crippen LogP contribution in [-0.4, -0.2) is 87.0 Å². The maximum atomic E-state index is 12.8. The molecule has 0 spiro atoms. The molecule has 0 saturated carbocycles. The molecule has 2 heterocycles. The number of hydrogen-bond donors (Lipinski definition) is 5. The monoisotopic (exact) mass is 813 g/mol. The number of ether oxygens (including phenoxy) is 4. The van der Waals surface area contributed by atoms with Gasteiger partial charge in [0, 0.05) is 13.0 Å². The molecule has 15 nitrogen and oxygen atoms in total. The number of carbonyl (C=O) groups excluding carboxylic acids is 2. The van der Waals surface area contributed by atoms with Crippen LogP contribution in [0.15, 0.2) is 48.5 Å². The Labute approximate surface area is 332 Å². The zero-order chi connectivity index (χ0) is 41.1. The summed E-state index contributed by atoms with van der Waals surface area (Å²) in [5.41, 5.74) is 5.38. The van der Waals surface area contributed by atoms with Crippen molar-refractivity contribution in [2.45, 2.75) is 65.0 Å². The summed E-state index contributed by atoms with van der Waals surface area (Å²) in [4.78, 5) is 55.8. The number of methoxy groups -OCH3 is 2. The number of nitrogens with one attached hydrogen (secondary N) is 1. The van der Waals surface area contributed by atoms with E-state index in [-0.39, 0.29) is 77.3 Å². The molecule has 2 aromatic heterocycles. The molecule has 0 aliphatic rings. The number of aliphatic carboxylic acids is 2. The number of benzene rings is 2. The van der Waals surface area contributed by atoms with E-state index in [2.05, 4.69) is 15.3 Å². The van der Waals surface area contributed by atoms with Crippen molar-refractivity contribution in [3.05, 3.63) is 92.0 Å². The van der Waals surface area contributed by atoms with Gasteiger partial charge in [-0.25, -0.2) is 0 Å².